The molecule has 146 valence electrons. The highest BCUT2D eigenvalue weighted by Crippen LogP contribution is 2.32. The van der Waals surface area contributed by atoms with E-state index in [4.69, 9.17) is 11.6 Å². The maximum absolute atomic E-state index is 6.10. The van der Waals surface area contributed by atoms with Crippen LogP contribution in [0, 0.1) is 0 Å². The summed E-state index contributed by atoms with van der Waals surface area (Å²) in [6, 6.07) is 28.2. The smallest absolute Gasteiger partial charge is 0.174 e. The third kappa shape index (κ3) is 4.06. The Morgan fingerprint density at radius 2 is 1.31 bits per heavy atom. The summed E-state index contributed by atoms with van der Waals surface area (Å²) in [4.78, 5) is 2.11. The molecule has 0 aliphatic carbocycles. The summed E-state index contributed by atoms with van der Waals surface area (Å²) in [7, 11) is 4.05. The van der Waals surface area contributed by atoms with E-state index >= 15 is 0 Å². The molecule has 29 heavy (non-hydrogen) atoms. The molecule has 6 heteroatoms. The lowest BCUT2D eigenvalue weighted by Gasteiger charge is -2.27. The average molecular weight is 404 g/mol. The first-order valence-electron chi connectivity index (χ1n) is 9.44. The fourth-order valence-electron chi connectivity index (χ4n) is 3.63. The minimum Gasteiger partial charge on any atom is -0.296 e. The first-order valence-corrected chi connectivity index (χ1v) is 9.82. The van der Waals surface area contributed by atoms with Crippen LogP contribution in [-0.4, -0.2) is 39.2 Å². The Labute approximate surface area is 175 Å². The molecule has 0 amide bonds. The molecule has 0 saturated heterocycles. The molecule has 0 fully saturated rings. The SMILES string of the molecule is CN(C)C(c1ccc(Cl)cc1)c1nnnn1C(c1ccccc1)c1ccccc1. The van der Waals surface area contributed by atoms with Crippen LogP contribution in [0.1, 0.15) is 34.6 Å². The number of aromatic nitrogens is 4. The van der Waals surface area contributed by atoms with Crippen molar-refractivity contribution in [3.8, 4) is 0 Å². The molecule has 1 aromatic heterocycles. The standard InChI is InChI=1S/C23H22ClN5/c1-28(2)22(19-13-15-20(24)16-14-19)23-25-26-27-29(23)21(17-9-5-3-6-10-17)18-11-7-4-8-12-18/h3-16,21-22H,1-2H3. The third-order valence-corrected chi connectivity index (χ3v) is 5.19. The third-order valence-electron chi connectivity index (χ3n) is 4.94. The summed E-state index contributed by atoms with van der Waals surface area (Å²) in [5.74, 6) is 0.773. The van der Waals surface area contributed by atoms with E-state index in [1.165, 1.54) is 0 Å². The van der Waals surface area contributed by atoms with Crippen molar-refractivity contribution in [2.24, 2.45) is 0 Å². The molecule has 4 aromatic rings. The van der Waals surface area contributed by atoms with Crippen molar-refractivity contribution in [3.63, 3.8) is 0 Å². The molecule has 1 unspecified atom stereocenters. The summed E-state index contributed by atoms with van der Waals surface area (Å²) in [5.41, 5.74) is 3.33. The first-order chi connectivity index (χ1) is 14.1. The summed E-state index contributed by atoms with van der Waals surface area (Å²) < 4.78 is 1.92. The normalized spacial score (nSPS) is 12.4. The van der Waals surface area contributed by atoms with E-state index in [2.05, 4.69) is 44.7 Å². The van der Waals surface area contributed by atoms with Gasteiger partial charge in [0.25, 0.3) is 0 Å². The summed E-state index contributed by atoms with van der Waals surface area (Å²) in [6.45, 7) is 0. The maximum Gasteiger partial charge on any atom is 0.174 e. The van der Waals surface area contributed by atoms with Crippen LogP contribution < -0.4 is 0 Å². The summed E-state index contributed by atoms with van der Waals surface area (Å²) >= 11 is 6.10. The Kier molecular flexibility index (Phi) is 5.69. The molecule has 5 nitrogen and oxygen atoms in total. The van der Waals surface area contributed by atoms with E-state index in [1.54, 1.807) is 0 Å². The Bertz CT molecular complexity index is 1010. The lowest BCUT2D eigenvalue weighted by atomic mass is 9.98. The second-order valence-electron chi connectivity index (χ2n) is 7.12. The number of benzene rings is 3. The zero-order valence-corrected chi connectivity index (χ0v) is 17.1. The van der Waals surface area contributed by atoms with Crippen LogP contribution in [0.4, 0.5) is 0 Å². The highest BCUT2D eigenvalue weighted by Gasteiger charge is 2.28. The molecule has 0 aliphatic rings. The summed E-state index contributed by atoms with van der Waals surface area (Å²) in [5, 5.41) is 13.6. The lowest BCUT2D eigenvalue weighted by molar-refractivity contribution is 0.315. The van der Waals surface area contributed by atoms with Gasteiger partial charge in [0.15, 0.2) is 5.82 Å². The van der Waals surface area contributed by atoms with Crippen LogP contribution in [0.15, 0.2) is 84.9 Å². The molecule has 0 N–H and O–H groups in total. The zero-order chi connectivity index (χ0) is 20.2. The topological polar surface area (TPSA) is 46.8 Å². The second kappa shape index (κ2) is 8.55. The van der Waals surface area contributed by atoms with Gasteiger partial charge < -0.3 is 0 Å². The van der Waals surface area contributed by atoms with Gasteiger partial charge in [-0.2, -0.15) is 0 Å². The second-order valence-corrected chi connectivity index (χ2v) is 7.56. The number of hydrogen-bond acceptors (Lipinski definition) is 4. The number of tetrazole rings is 1. The van der Waals surface area contributed by atoms with Gasteiger partial charge in [-0.05, 0) is 53.3 Å². The minimum absolute atomic E-state index is 0.114. The quantitative estimate of drug-likeness (QED) is 0.471. The lowest BCUT2D eigenvalue weighted by Crippen LogP contribution is -2.27. The predicted octanol–water partition coefficient (Wildman–Crippen LogP) is 4.62. The van der Waals surface area contributed by atoms with Gasteiger partial charge in [-0.25, -0.2) is 4.68 Å². The van der Waals surface area contributed by atoms with Crippen molar-refractivity contribution in [1.82, 2.24) is 25.1 Å². The molecule has 1 atom stereocenters. The molecule has 0 spiro atoms. The van der Waals surface area contributed by atoms with E-state index in [-0.39, 0.29) is 12.1 Å². The van der Waals surface area contributed by atoms with Crippen LogP contribution in [0.5, 0.6) is 0 Å². The van der Waals surface area contributed by atoms with Crippen molar-refractivity contribution >= 4 is 11.6 Å². The molecular weight excluding hydrogens is 382 g/mol. The number of rotatable bonds is 6. The molecule has 4 rings (SSSR count). The van der Waals surface area contributed by atoms with E-state index in [1.807, 2.05) is 79.4 Å². The Balaban J connectivity index is 1.86. The van der Waals surface area contributed by atoms with Crippen LogP contribution in [-0.2, 0) is 0 Å². The largest absolute Gasteiger partial charge is 0.296 e. The highest BCUT2D eigenvalue weighted by atomic mass is 35.5. The predicted molar refractivity (Wildman–Crippen MR) is 115 cm³/mol. The minimum atomic E-state index is -0.128. The van der Waals surface area contributed by atoms with Crippen molar-refractivity contribution in [1.29, 1.82) is 0 Å². The number of halogens is 1. The number of nitrogens with zero attached hydrogens (tertiary/aromatic N) is 5. The molecule has 0 bridgehead atoms. The van der Waals surface area contributed by atoms with Crippen molar-refractivity contribution < 1.29 is 0 Å². The van der Waals surface area contributed by atoms with Crippen molar-refractivity contribution in [2.75, 3.05) is 14.1 Å². The average Bonchev–Trinajstić information content (AvgIpc) is 3.20. The van der Waals surface area contributed by atoms with E-state index in [0.29, 0.717) is 5.02 Å². The molecule has 3 aromatic carbocycles. The Morgan fingerprint density at radius 3 is 1.83 bits per heavy atom. The first kappa shape index (κ1) is 19.3. The van der Waals surface area contributed by atoms with Gasteiger partial charge in [-0.1, -0.05) is 84.4 Å². The molecular formula is C23H22ClN5. The maximum atomic E-state index is 6.10. The highest BCUT2D eigenvalue weighted by molar-refractivity contribution is 6.30. The Morgan fingerprint density at radius 1 is 0.759 bits per heavy atom. The molecule has 1 heterocycles. The van der Waals surface area contributed by atoms with Crippen LogP contribution >= 0.6 is 11.6 Å². The monoisotopic (exact) mass is 403 g/mol. The Hall–Kier alpha value is -3.02. The van der Waals surface area contributed by atoms with Crippen molar-refractivity contribution in [3.05, 3.63) is 112 Å². The van der Waals surface area contributed by atoms with Gasteiger partial charge in [0.05, 0.1) is 6.04 Å². The fourth-order valence-corrected chi connectivity index (χ4v) is 3.76. The fraction of sp³-hybridized carbons (Fsp3) is 0.174. The number of hydrogen-bond donors (Lipinski definition) is 0. The van der Waals surface area contributed by atoms with E-state index < -0.39 is 0 Å². The van der Waals surface area contributed by atoms with Gasteiger partial charge in [-0.15, -0.1) is 5.10 Å². The zero-order valence-electron chi connectivity index (χ0n) is 16.4. The van der Waals surface area contributed by atoms with E-state index in [9.17, 15) is 0 Å². The van der Waals surface area contributed by atoms with Crippen molar-refractivity contribution in [2.45, 2.75) is 12.1 Å². The summed E-state index contributed by atoms with van der Waals surface area (Å²) in [6.07, 6.45) is 0. The van der Waals surface area contributed by atoms with Gasteiger partial charge in [0.1, 0.15) is 6.04 Å². The van der Waals surface area contributed by atoms with Gasteiger partial charge >= 0.3 is 0 Å². The van der Waals surface area contributed by atoms with Gasteiger partial charge in [0.2, 0.25) is 0 Å². The van der Waals surface area contributed by atoms with Crippen LogP contribution in [0.2, 0.25) is 5.02 Å². The van der Waals surface area contributed by atoms with Gasteiger partial charge in [0, 0.05) is 5.02 Å². The molecule has 0 radical (unpaired) electrons. The van der Waals surface area contributed by atoms with Crippen LogP contribution in [0.3, 0.4) is 0 Å². The molecule has 0 saturated carbocycles. The van der Waals surface area contributed by atoms with Gasteiger partial charge in [-0.3, -0.25) is 4.90 Å². The molecule has 0 aliphatic heterocycles. The van der Waals surface area contributed by atoms with Crippen LogP contribution in [0.25, 0.3) is 0 Å². The van der Waals surface area contributed by atoms with E-state index in [0.717, 1.165) is 22.5 Å².